The van der Waals surface area contributed by atoms with Crippen molar-refractivity contribution in [2.75, 3.05) is 13.7 Å². The van der Waals surface area contributed by atoms with Gasteiger partial charge in [0.15, 0.2) is 12.6 Å². The number of hydrogen-bond acceptors (Lipinski definition) is 6. The molecule has 4 rings (SSSR count). The fourth-order valence-electron chi connectivity index (χ4n) is 3.49. The van der Waals surface area contributed by atoms with Crippen molar-refractivity contribution in [1.82, 2.24) is 0 Å². The minimum absolute atomic E-state index is 0.335. The maximum atomic E-state index is 10.7. The number of hydrogen-bond donors (Lipinski definition) is 1. The van der Waals surface area contributed by atoms with Gasteiger partial charge < -0.3 is 28.8 Å². The Morgan fingerprint density at radius 2 is 1.70 bits per heavy atom. The highest BCUT2D eigenvalue weighted by atomic mass is 16.8. The molecule has 0 aliphatic carbocycles. The summed E-state index contributed by atoms with van der Waals surface area (Å²) in [7, 11) is 1.50. The van der Waals surface area contributed by atoms with Gasteiger partial charge in [0.25, 0.3) is 0 Å². The first-order valence-corrected chi connectivity index (χ1v) is 9.10. The van der Waals surface area contributed by atoms with Gasteiger partial charge in [-0.05, 0) is 5.56 Å². The van der Waals surface area contributed by atoms with Gasteiger partial charge in [-0.15, -0.1) is 0 Å². The molecule has 144 valence electrons. The van der Waals surface area contributed by atoms with E-state index in [4.69, 9.17) is 23.7 Å². The minimum Gasteiger partial charge on any atom is -0.385 e. The van der Waals surface area contributed by atoms with E-state index in [0.717, 1.165) is 11.1 Å². The van der Waals surface area contributed by atoms with Gasteiger partial charge in [0.1, 0.15) is 24.4 Å². The molecule has 2 heterocycles. The van der Waals surface area contributed by atoms with Gasteiger partial charge in [-0.25, -0.2) is 0 Å². The van der Waals surface area contributed by atoms with E-state index in [1.807, 2.05) is 60.7 Å². The van der Waals surface area contributed by atoms with Gasteiger partial charge in [0, 0.05) is 12.7 Å². The van der Waals surface area contributed by atoms with Crippen LogP contribution in [0, 0.1) is 0 Å². The van der Waals surface area contributed by atoms with E-state index in [1.54, 1.807) is 0 Å². The summed E-state index contributed by atoms with van der Waals surface area (Å²) in [5.41, 5.74) is 1.94. The van der Waals surface area contributed by atoms with Crippen molar-refractivity contribution < 1.29 is 28.8 Å². The SMILES string of the molecule is CO[C@@H]1OC2COC(c3ccccc3)OC2[C@H](OCc2ccccc2)[C@@H]1O. The summed E-state index contributed by atoms with van der Waals surface area (Å²) >= 11 is 0. The zero-order valence-corrected chi connectivity index (χ0v) is 15.1. The lowest BCUT2D eigenvalue weighted by Crippen LogP contribution is -2.62. The molecule has 2 fully saturated rings. The average molecular weight is 372 g/mol. The summed E-state index contributed by atoms with van der Waals surface area (Å²) < 4.78 is 29.2. The Kier molecular flexibility index (Phi) is 5.83. The molecule has 3 unspecified atom stereocenters. The molecule has 0 amide bonds. The third-order valence-electron chi connectivity index (χ3n) is 4.90. The zero-order chi connectivity index (χ0) is 18.6. The van der Waals surface area contributed by atoms with Crippen LogP contribution in [0.15, 0.2) is 60.7 Å². The van der Waals surface area contributed by atoms with Crippen LogP contribution in [-0.4, -0.2) is 49.5 Å². The van der Waals surface area contributed by atoms with Crippen LogP contribution in [0.2, 0.25) is 0 Å². The Balaban J connectivity index is 1.51. The Labute approximate surface area is 158 Å². The van der Waals surface area contributed by atoms with E-state index in [0.29, 0.717) is 13.2 Å². The molecular formula is C21H24O6. The minimum atomic E-state index is -0.963. The molecular weight excluding hydrogens is 348 g/mol. The highest BCUT2D eigenvalue weighted by Gasteiger charge is 2.50. The molecule has 0 saturated carbocycles. The molecule has 6 atom stereocenters. The standard InChI is InChI=1S/C21H24O6/c1-23-21-17(22)19(24-12-14-8-4-2-5-9-14)18-16(26-21)13-25-20(27-18)15-10-6-3-7-11-15/h2-11,16-22H,12-13H2,1H3/t16?,17-,18?,19+,20?,21+/m0/s1. The van der Waals surface area contributed by atoms with Crippen LogP contribution in [0.1, 0.15) is 17.4 Å². The number of aliphatic hydroxyl groups excluding tert-OH is 1. The maximum absolute atomic E-state index is 10.7. The van der Waals surface area contributed by atoms with Crippen LogP contribution in [0.3, 0.4) is 0 Å². The van der Waals surface area contributed by atoms with Gasteiger partial charge in [-0.1, -0.05) is 60.7 Å². The molecule has 2 aliphatic heterocycles. The zero-order valence-electron chi connectivity index (χ0n) is 15.1. The molecule has 2 aromatic carbocycles. The van der Waals surface area contributed by atoms with E-state index in [-0.39, 0.29) is 6.10 Å². The molecule has 27 heavy (non-hydrogen) atoms. The quantitative estimate of drug-likeness (QED) is 0.870. The Bertz CT molecular complexity index is 709. The van der Waals surface area contributed by atoms with Crippen LogP contribution in [0.25, 0.3) is 0 Å². The second-order valence-electron chi connectivity index (χ2n) is 6.71. The predicted octanol–water partition coefficient (Wildman–Crippen LogP) is 2.42. The van der Waals surface area contributed by atoms with Crippen molar-refractivity contribution in [1.29, 1.82) is 0 Å². The predicted molar refractivity (Wildman–Crippen MR) is 96.7 cm³/mol. The summed E-state index contributed by atoms with van der Waals surface area (Å²) in [5, 5.41) is 10.7. The highest BCUT2D eigenvalue weighted by molar-refractivity contribution is 5.17. The van der Waals surface area contributed by atoms with Crippen molar-refractivity contribution in [2.24, 2.45) is 0 Å². The molecule has 0 aromatic heterocycles. The van der Waals surface area contributed by atoms with Gasteiger partial charge in [-0.3, -0.25) is 0 Å². The Hall–Kier alpha value is -1.80. The van der Waals surface area contributed by atoms with Crippen molar-refractivity contribution in [3.05, 3.63) is 71.8 Å². The average Bonchev–Trinajstić information content (AvgIpc) is 2.74. The Morgan fingerprint density at radius 1 is 1.00 bits per heavy atom. The number of rotatable bonds is 5. The van der Waals surface area contributed by atoms with Crippen LogP contribution in [-0.2, 0) is 30.3 Å². The number of aliphatic hydroxyl groups is 1. The third kappa shape index (κ3) is 4.06. The lowest BCUT2D eigenvalue weighted by molar-refractivity contribution is -0.363. The molecule has 0 radical (unpaired) electrons. The molecule has 1 N–H and O–H groups in total. The highest BCUT2D eigenvalue weighted by Crippen LogP contribution is 2.35. The van der Waals surface area contributed by atoms with E-state index in [9.17, 15) is 5.11 Å². The normalized spacial score (nSPS) is 33.4. The number of fused-ring (bicyclic) bond motifs is 1. The maximum Gasteiger partial charge on any atom is 0.186 e. The molecule has 6 heteroatoms. The fourth-order valence-corrected chi connectivity index (χ4v) is 3.49. The Morgan fingerprint density at radius 3 is 2.41 bits per heavy atom. The smallest absolute Gasteiger partial charge is 0.186 e. The molecule has 6 nitrogen and oxygen atoms in total. The second kappa shape index (κ2) is 8.48. The van der Waals surface area contributed by atoms with Crippen LogP contribution in [0.4, 0.5) is 0 Å². The van der Waals surface area contributed by atoms with E-state index < -0.39 is 30.9 Å². The largest absolute Gasteiger partial charge is 0.385 e. The second-order valence-corrected chi connectivity index (χ2v) is 6.71. The molecule has 2 aliphatic rings. The van der Waals surface area contributed by atoms with E-state index in [2.05, 4.69) is 0 Å². The summed E-state index contributed by atoms with van der Waals surface area (Å²) in [6.45, 7) is 0.699. The van der Waals surface area contributed by atoms with Crippen LogP contribution in [0.5, 0.6) is 0 Å². The molecule has 2 saturated heterocycles. The van der Waals surface area contributed by atoms with Crippen LogP contribution >= 0.6 is 0 Å². The first kappa shape index (κ1) is 18.6. The third-order valence-corrected chi connectivity index (χ3v) is 4.90. The molecule has 2 aromatic rings. The number of ether oxygens (including phenoxy) is 5. The summed E-state index contributed by atoms with van der Waals surface area (Å²) in [4.78, 5) is 0. The van der Waals surface area contributed by atoms with Gasteiger partial charge >= 0.3 is 0 Å². The van der Waals surface area contributed by atoms with Crippen molar-refractivity contribution in [3.8, 4) is 0 Å². The monoisotopic (exact) mass is 372 g/mol. The van der Waals surface area contributed by atoms with E-state index >= 15 is 0 Å². The van der Waals surface area contributed by atoms with Crippen molar-refractivity contribution in [2.45, 2.75) is 43.6 Å². The van der Waals surface area contributed by atoms with Crippen LogP contribution < -0.4 is 0 Å². The summed E-state index contributed by atoms with van der Waals surface area (Å²) in [5.74, 6) is 0. The number of benzene rings is 2. The topological polar surface area (TPSA) is 66.4 Å². The fraction of sp³-hybridized carbons (Fsp3) is 0.429. The lowest BCUT2D eigenvalue weighted by atomic mass is 9.97. The first-order chi connectivity index (χ1) is 13.3. The lowest BCUT2D eigenvalue weighted by Gasteiger charge is -2.47. The van der Waals surface area contributed by atoms with Gasteiger partial charge in [-0.2, -0.15) is 0 Å². The molecule has 0 spiro atoms. The van der Waals surface area contributed by atoms with Crippen molar-refractivity contribution in [3.63, 3.8) is 0 Å². The van der Waals surface area contributed by atoms with E-state index in [1.165, 1.54) is 7.11 Å². The summed E-state index contributed by atoms with van der Waals surface area (Å²) in [6.07, 6.45) is -3.70. The number of methoxy groups -OCH3 is 1. The molecule has 0 bridgehead atoms. The first-order valence-electron chi connectivity index (χ1n) is 9.10. The summed E-state index contributed by atoms with van der Waals surface area (Å²) in [6, 6.07) is 19.5. The van der Waals surface area contributed by atoms with Gasteiger partial charge in [0.2, 0.25) is 0 Å². The van der Waals surface area contributed by atoms with Gasteiger partial charge in [0.05, 0.1) is 13.2 Å². The van der Waals surface area contributed by atoms with Crippen molar-refractivity contribution >= 4 is 0 Å².